The highest BCUT2D eigenvalue weighted by Crippen LogP contribution is 2.50. The van der Waals surface area contributed by atoms with Crippen molar-refractivity contribution < 1.29 is 4.79 Å². The van der Waals surface area contributed by atoms with Gasteiger partial charge in [0.2, 0.25) is 0 Å². The van der Waals surface area contributed by atoms with Gasteiger partial charge in [0.15, 0.2) is 0 Å². The fraction of sp³-hybridized carbons (Fsp3) is 0.889. The summed E-state index contributed by atoms with van der Waals surface area (Å²) in [6, 6.07) is 0. The standard InChI is InChI=1S/C18H27NOS/c20-18-16(10-12-4-2-1-3-5-12)21-17(19-18)11-15-9-13-6-7-14(15)8-13/h12-16H,1-11H2/t13-,14+,15-,16?/m1/s1. The third-order valence-corrected chi connectivity index (χ3v) is 7.59. The van der Waals surface area contributed by atoms with Crippen molar-refractivity contribution in [3.8, 4) is 0 Å². The van der Waals surface area contributed by atoms with Crippen LogP contribution >= 0.6 is 11.8 Å². The summed E-state index contributed by atoms with van der Waals surface area (Å²) in [6.45, 7) is 0. The highest BCUT2D eigenvalue weighted by atomic mass is 32.2. The Morgan fingerprint density at radius 2 is 1.90 bits per heavy atom. The molecule has 0 aromatic heterocycles. The average Bonchev–Trinajstić information content (AvgIpc) is 3.17. The van der Waals surface area contributed by atoms with Gasteiger partial charge in [0.1, 0.15) is 0 Å². The van der Waals surface area contributed by atoms with Crippen LogP contribution < -0.4 is 0 Å². The Kier molecular flexibility index (Phi) is 4.12. The van der Waals surface area contributed by atoms with E-state index in [-0.39, 0.29) is 11.2 Å². The molecule has 4 rings (SSSR count). The van der Waals surface area contributed by atoms with Crippen molar-refractivity contribution >= 4 is 22.7 Å². The quantitative estimate of drug-likeness (QED) is 0.745. The third-order valence-electron chi connectivity index (χ3n) is 6.38. The van der Waals surface area contributed by atoms with Crippen molar-refractivity contribution in [2.24, 2.45) is 28.7 Å². The molecule has 0 N–H and O–H groups in total. The van der Waals surface area contributed by atoms with Crippen molar-refractivity contribution in [3.63, 3.8) is 0 Å². The van der Waals surface area contributed by atoms with Gasteiger partial charge < -0.3 is 0 Å². The molecule has 1 aliphatic heterocycles. The fourth-order valence-electron chi connectivity index (χ4n) is 5.25. The van der Waals surface area contributed by atoms with Gasteiger partial charge in [0.05, 0.1) is 10.3 Å². The molecule has 2 bridgehead atoms. The maximum absolute atomic E-state index is 12.2. The molecule has 0 saturated heterocycles. The first-order valence-corrected chi connectivity index (χ1v) is 9.94. The first kappa shape index (κ1) is 14.3. The van der Waals surface area contributed by atoms with Gasteiger partial charge in [0.25, 0.3) is 5.91 Å². The van der Waals surface area contributed by atoms with Gasteiger partial charge in [-0.2, -0.15) is 0 Å². The summed E-state index contributed by atoms with van der Waals surface area (Å²) in [7, 11) is 0. The lowest BCUT2D eigenvalue weighted by molar-refractivity contribution is -0.117. The highest BCUT2D eigenvalue weighted by molar-refractivity contribution is 8.15. The van der Waals surface area contributed by atoms with Crippen LogP contribution in [0.5, 0.6) is 0 Å². The molecule has 1 amide bonds. The van der Waals surface area contributed by atoms with Gasteiger partial charge in [-0.05, 0) is 55.8 Å². The van der Waals surface area contributed by atoms with Gasteiger partial charge in [-0.3, -0.25) is 4.79 Å². The summed E-state index contributed by atoms with van der Waals surface area (Å²) in [4.78, 5) is 16.6. The molecule has 2 nitrogen and oxygen atoms in total. The van der Waals surface area contributed by atoms with Gasteiger partial charge in [0, 0.05) is 0 Å². The number of amides is 1. The first-order valence-electron chi connectivity index (χ1n) is 9.06. The molecule has 0 aromatic carbocycles. The normalized spacial score (nSPS) is 40.0. The van der Waals surface area contributed by atoms with Crippen molar-refractivity contribution in [2.75, 3.05) is 0 Å². The number of aliphatic imine (C=N–C) groups is 1. The zero-order valence-corrected chi connectivity index (χ0v) is 13.7. The maximum atomic E-state index is 12.2. The van der Waals surface area contributed by atoms with Gasteiger partial charge in [-0.15, -0.1) is 0 Å². The molecule has 1 heterocycles. The van der Waals surface area contributed by atoms with E-state index in [9.17, 15) is 4.79 Å². The lowest BCUT2D eigenvalue weighted by Crippen LogP contribution is -2.18. The number of nitrogens with zero attached hydrogens (tertiary/aromatic N) is 1. The second-order valence-electron chi connectivity index (χ2n) is 7.83. The lowest BCUT2D eigenvalue weighted by atomic mass is 9.86. The largest absolute Gasteiger partial charge is 0.271 e. The van der Waals surface area contributed by atoms with E-state index in [1.807, 2.05) is 11.8 Å². The smallest absolute Gasteiger partial charge is 0.259 e. The van der Waals surface area contributed by atoms with E-state index in [2.05, 4.69) is 4.99 Å². The Labute approximate surface area is 132 Å². The summed E-state index contributed by atoms with van der Waals surface area (Å²) in [6.07, 6.45) is 14.8. The lowest BCUT2D eigenvalue weighted by Gasteiger charge is -2.23. The van der Waals surface area contributed by atoms with Crippen LogP contribution in [0.1, 0.15) is 70.6 Å². The van der Waals surface area contributed by atoms with E-state index in [1.54, 1.807) is 0 Å². The van der Waals surface area contributed by atoms with Crippen molar-refractivity contribution in [1.29, 1.82) is 0 Å². The number of thioether (sulfide) groups is 1. The molecule has 0 aromatic rings. The Hall–Kier alpha value is -0.310. The molecular formula is C18H27NOS. The molecule has 4 aliphatic rings. The minimum absolute atomic E-state index is 0.168. The number of carbonyl (C=O) groups is 1. The van der Waals surface area contributed by atoms with Crippen LogP contribution in [-0.2, 0) is 4.79 Å². The predicted octanol–water partition coefficient (Wildman–Crippen LogP) is 4.82. The molecule has 0 radical (unpaired) electrons. The van der Waals surface area contributed by atoms with E-state index in [0.717, 1.165) is 36.5 Å². The average molecular weight is 305 g/mol. The van der Waals surface area contributed by atoms with E-state index in [0.29, 0.717) is 0 Å². The SMILES string of the molecule is O=C1N=C(C[C@H]2C[C@@H]3CC[C@H]2C3)SC1CC1CCCCC1. The van der Waals surface area contributed by atoms with Crippen LogP contribution in [0.3, 0.4) is 0 Å². The number of carbonyl (C=O) groups excluding carboxylic acids is 1. The summed E-state index contributed by atoms with van der Waals surface area (Å²) >= 11 is 1.83. The Morgan fingerprint density at radius 3 is 2.62 bits per heavy atom. The molecule has 21 heavy (non-hydrogen) atoms. The van der Waals surface area contributed by atoms with E-state index in [1.165, 1.54) is 62.8 Å². The van der Waals surface area contributed by atoms with Crippen LogP contribution in [-0.4, -0.2) is 16.2 Å². The Bertz CT molecular complexity index is 440. The monoisotopic (exact) mass is 305 g/mol. The van der Waals surface area contributed by atoms with E-state index in [4.69, 9.17) is 0 Å². The van der Waals surface area contributed by atoms with Gasteiger partial charge in [-0.1, -0.05) is 50.3 Å². The van der Waals surface area contributed by atoms with Crippen LogP contribution in [0.15, 0.2) is 4.99 Å². The van der Waals surface area contributed by atoms with Crippen molar-refractivity contribution in [3.05, 3.63) is 0 Å². The van der Waals surface area contributed by atoms with E-state index < -0.39 is 0 Å². The van der Waals surface area contributed by atoms with Gasteiger partial charge in [-0.25, -0.2) is 4.99 Å². The second-order valence-corrected chi connectivity index (χ2v) is 9.11. The molecule has 3 fully saturated rings. The fourth-order valence-corrected chi connectivity index (χ4v) is 6.56. The Morgan fingerprint density at radius 1 is 1.05 bits per heavy atom. The van der Waals surface area contributed by atoms with Crippen LogP contribution in [0.4, 0.5) is 0 Å². The molecule has 1 unspecified atom stereocenters. The number of fused-ring (bicyclic) bond motifs is 2. The van der Waals surface area contributed by atoms with E-state index >= 15 is 0 Å². The summed E-state index contributed by atoms with van der Waals surface area (Å²) in [5.74, 6) is 3.77. The zero-order chi connectivity index (χ0) is 14.2. The molecule has 4 atom stereocenters. The summed E-state index contributed by atoms with van der Waals surface area (Å²) in [5.41, 5.74) is 0. The summed E-state index contributed by atoms with van der Waals surface area (Å²) < 4.78 is 0. The first-order chi connectivity index (χ1) is 10.3. The second kappa shape index (κ2) is 6.06. The number of hydrogen-bond donors (Lipinski definition) is 0. The maximum Gasteiger partial charge on any atom is 0.259 e. The molecule has 116 valence electrons. The van der Waals surface area contributed by atoms with Crippen molar-refractivity contribution in [1.82, 2.24) is 0 Å². The van der Waals surface area contributed by atoms with Crippen LogP contribution in [0.25, 0.3) is 0 Å². The highest BCUT2D eigenvalue weighted by Gasteiger charge is 2.41. The molecule has 0 spiro atoms. The number of rotatable bonds is 4. The minimum Gasteiger partial charge on any atom is -0.271 e. The van der Waals surface area contributed by atoms with Crippen LogP contribution in [0.2, 0.25) is 0 Å². The Balaban J connectivity index is 1.30. The molecule has 3 saturated carbocycles. The van der Waals surface area contributed by atoms with Crippen LogP contribution in [0, 0.1) is 23.7 Å². The molecular weight excluding hydrogens is 278 g/mol. The van der Waals surface area contributed by atoms with Gasteiger partial charge >= 0.3 is 0 Å². The predicted molar refractivity (Wildman–Crippen MR) is 88.6 cm³/mol. The number of hydrogen-bond acceptors (Lipinski definition) is 2. The zero-order valence-electron chi connectivity index (χ0n) is 12.9. The molecule has 3 heteroatoms. The van der Waals surface area contributed by atoms with Crippen molar-refractivity contribution in [2.45, 2.75) is 75.9 Å². The molecule has 3 aliphatic carbocycles. The topological polar surface area (TPSA) is 29.4 Å². The summed E-state index contributed by atoms with van der Waals surface area (Å²) in [5, 5.41) is 1.35. The minimum atomic E-state index is 0.168. The third kappa shape index (κ3) is 3.09.